The molecular weight excluding hydrogens is 193 g/mol. The molecule has 0 aliphatic rings. The second-order valence-electron chi connectivity index (χ2n) is 3.37. The Hall–Kier alpha value is -0.630. The first kappa shape index (κ1) is 8.66. The predicted octanol–water partition coefficient (Wildman–Crippen LogP) is 3.93. The van der Waals surface area contributed by atoms with Crippen LogP contribution in [-0.4, -0.2) is 12.8 Å². The quantitative estimate of drug-likeness (QED) is 0.551. The lowest BCUT2D eigenvalue weighted by molar-refractivity contribution is 0.404. The summed E-state index contributed by atoms with van der Waals surface area (Å²) in [6, 6.07) is 5.94. The highest BCUT2D eigenvalue weighted by molar-refractivity contribution is 7.99. The molecule has 0 spiro atoms. The van der Waals surface area contributed by atoms with Gasteiger partial charge in [0.15, 0.2) is 0 Å². The summed E-state index contributed by atoms with van der Waals surface area (Å²) in [5.41, 5.74) is -0.0874. The Balaban J connectivity index is 3.07. The average molecular weight is 211 g/mol. The summed E-state index contributed by atoms with van der Waals surface area (Å²) in [6.45, 7) is 5.80. The third-order valence-electron chi connectivity index (χ3n) is 2.07. The van der Waals surface area contributed by atoms with Crippen molar-refractivity contribution in [1.29, 1.82) is 0 Å². The van der Waals surface area contributed by atoms with Crippen molar-refractivity contribution in [2.75, 3.05) is 12.8 Å². The highest BCUT2D eigenvalue weighted by Crippen LogP contribution is 2.31. The van der Waals surface area contributed by atoms with Gasteiger partial charge < -0.3 is 4.74 Å². The summed E-state index contributed by atoms with van der Waals surface area (Å²) >= 11 is 1.19. The largest absolute Gasteiger partial charge is 0.496 e. The molecule has 14 heavy (non-hydrogen) atoms. The molecule has 0 fully saturated rings. The van der Waals surface area contributed by atoms with Crippen LogP contribution in [0.25, 0.3) is 0 Å². The van der Waals surface area contributed by atoms with E-state index >= 15 is 0 Å². The Kier molecular flexibility index (Phi) is 3.28. The number of benzene rings is 1. The lowest BCUT2D eigenvalue weighted by Gasteiger charge is -2.11. The summed E-state index contributed by atoms with van der Waals surface area (Å²) in [5, 5.41) is 0. The average Bonchev–Trinajstić information content (AvgIpc) is 2.15. The van der Waals surface area contributed by atoms with Crippen LogP contribution < -0.4 is 4.74 Å². The molecule has 0 heterocycles. The smallest absolute Gasteiger partial charge is 0.132 e. The maximum Gasteiger partial charge on any atom is 0.132 e. The first-order valence-electron chi connectivity index (χ1n) is 5.70. The monoisotopic (exact) mass is 211 g/mol. The standard InChI is InChI=1S/C12H18OS/c1-5-14-12-8-10(9(2)3)6-7-11(12)13-4/h6-9H,5H2,1-4H3/i5+1H2. The molecular formula is C12H18OS. The Morgan fingerprint density at radius 3 is 2.71 bits per heavy atom. The normalized spacial score (nSPS) is 13.8. The molecule has 1 nitrogen and oxygen atoms in total. The van der Waals surface area contributed by atoms with Crippen LogP contribution in [0.3, 0.4) is 0 Å². The summed E-state index contributed by atoms with van der Waals surface area (Å²) < 4.78 is 20.4. The van der Waals surface area contributed by atoms with Gasteiger partial charge >= 0.3 is 0 Å². The molecule has 2 heteroatoms. The van der Waals surface area contributed by atoms with Crippen LogP contribution in [0.15, 0.2) is 23.1 Å². The van der Waals surface area contributed by atoms with E-state index in [9.17, 15) is 0 Å². The van der Waals surface area contributed by atoms with Crippen LogP contribution in [0.2, 0.25) is 0 Å². The zero-order chi connectivity index (χ0) is 12.3. The Bertz CT molecular complexity index is 359. The van der Waals surface area contributed by atoms with Crippen molar-refractivity contribution in [3.8, 4) is 5.75 Å². The molecule has 0 unspecified atom stereocenters. The molecule has 0 aliphatic carbocycles. The Morgan fingerprint density at radius 2 is 2.21 bits per heavy atom. The predicted molar refractivity (Wildman–Crippen MR) is 63.5 cm³/mol. The van der Waals surface area contributed by atoms with Crippen molar-refractivity contribution in [1.82, 2.24) is 0 Å². The highest BCUT2D eigenvalue weighted by atomic mass is 32.2. The number of thioether (sulfide) groups is 1. The van der Waals surface area contributed by atoms with E-state index in [4.69, 9.17) is 7.48 Å². The Morgan fingerprint density at radius 1 is 1.50 bits per heavy atom. The number of methoxy groups -OCH3 is 1. The van der Waals surface area contributed by atoms with Gasteiger partial charge in [-0.1, -0.05) is 26.8 Å². The molecule has 0 aliphatic heterocycles. The Labute approximate surface area is 93.7 Å². The number of rotatable bonds is 4. The van der Waals surface area contributed by atoms with Crippen LogP contribution in [0.1, 0.15) is 35.0 Å². The van der Waals surface area contributed by atoms with E-state index in [1.807, 2.05) is 18.2 Å². The number of hydrogen-bond donors (Lipinski definition) is 0. The maximum atomic E-state index is 7.59. The minimum Gasteiger partial charge on any atom is -0.496 e. The molecule has 0 saturated carbocycles. The zero-order valence-electron chi connectivity index (χ0n) is 11.1. The minimum absolute atomic E-state index is 0.438. The fourth-order valence-electron chi connectivity index (χ4n) is 1.24. The van der Waals surface area contributed by atoms with Gasteiger partial charge in [-0.05, 0) is 29.3 Å². The van der Waals surface area contributed by atoms with Crippen LogP contribution in [0.4, 0.5) is 0 Å². The first-order valence-corrected chi connectivity index (χ1v) is 5.52. The van der Waals surface area contributed by atoms with Crippen LogP contribution in [0, 0.1) is 0 Å². The van der Waals surface area contributed by atoms with Crippen molar-refractivity contribution in [3.05, 3.63) is 23.8 Å². The molecule has 0 radical (unpaired) electrons. The summed E-state index contributed by atoms with van der Waals surface area (Å²) in [7, 11) is 1.61. The number of ether oxygens (including phenoxy) is 1. The minimum atomic E-state index is -1.29. The lowest BCUT2D eigenvalue weighted by atomic mass is 10.0. The van der Waals surface area contributed by atoms with Gasteiger partial charge in [0.1, 0.15) is 5.75 Å². The SMILES string of the molecule is [1H][13C]([1H])(C)Sc1cc(C(C)C)ccc1OC. The van der Waals surface area contributed by atoms with Crippen molar-refractivity contribution in [2.45, 2.75) is 31.6 Å². The lowest BCUT2D eigenvalue weighted by Crippen LogP contribution is -1.91. The van der Waals surface area contributed by atoms with E-state index < -0.39 is 5.70 Å². The van der Waals surface area contributed by atoms with Gasteiger partial charge in [-0.25, -0.2) is 0 Å². The summed E-state index contributed by atoms with van der Waals surface area (Å²) in [6.07, 6.45) is 0. The molecule has 0 bridgehead atoms. The second kappa shape index (κ2) is 5.30. The van der Waals surface area contributed by atoms with Gasteiger partial charge in [0, 0.05) is 7.64 Å². The molecule has 78 valence electrons. The van der Waals surface area contributed by atoms with Gasteiger partial charge in [-0.3, -0.25) is 0 Å². The maximum absolute atomic E-state index is 7.59. The van der Waals surface area contributed by atoms with E-state index in [0.29, 0.717) is 5.92 Å². The topological polar surface area (TPSA) is 9.23 Å². The van der Waals surface area contributed by atoms with Gasteiger partial charge in [0.25, 0.3) is 0 Å². The molecule has 0 saturated heterocycles. The molecule has 0 amide bonds. The van der Waals surface area contributed by atoms with E-state index in [2.05, 4.69) is 13.8 Å². The van der Waals surface area contributed by atoms with Crippen LogP contribution in [0.5, 0.6) is 5.75 Å². The highest BCUT2D eigenvalue weighted by Gasteiger charge is 2.06. The first-order chi connectivity index (χ1) is 7.33. The number of hydrogen-bond acceptors (Lipinski definition) is 2. The van der Waals surface area contributed by atoms with E-state index in [-0.39, 0.29) is 0 Å². The van der Waals surface area contributed by atoms with Gasteiger partial charge in [0.2, 0.25) is 0 Å². The van der Waals surface area contributed by atoms with Crippen molar-refractivity contribution >= 4 is 11.8 Å². The van der Waals surface area contributed by atoms with Crippen LogP contribution in [-0.2, 0) is 0 Å². The summed E-state index contributed by atoms with van der Waals surface area (Å²) in [5.74, 6) is 1.17. The molecule has 1 aromatic rings. The van der Waals surface area contributed by atoms with Gasteiger partial charge in [0.05, 0.1) is 7.11 Å². The molecule has 0 N–H and O–H groups in total. The van der Waals surface area contributed by atoms with Gasteiger partial charge in [-0.15, -0.1) is 11.8 Å². The van der Waals surface area contributed by atoms with E-state index in [1.54, 1.807) is 14.0 Å². The van der Waals surface area contributed by atoms with E-state index in [1.165, 1.54) is 17.3 Å². The molecule has 0 aromatic heterocycles. The summed E-state index contributed by atoms with van der Waals surface area (Å²) in [4.78, 5) is 0.862. The third-order valence-corrected chi connectivity index (χ3v) is 2.81. The fourth-order valence-corrected chi connectivity index (χ4v) is 1.91. The molecule has 0 atom stereocenters. The van der Waals surface area contributed by atoms with Gasteiger partial charge in [-0.2, -0.15) is 0 Å². The van der Waals surface area contributed by atoms with Crippen molar-refractivity contribution in [3.63, 3.8) is 0 Å². The fraction of sp³-hybridized carbons (Fsp3) is 0.500. The van der Waals surface area contributed by atoms with Crippen molar-refractivity contribution < 1.29 is 7.48 Å². The second-order valence-corrected chi connectivity index (χ2v) is 4.42. The van der Waals surface area contributed by atoms with Crippen molar-refractivity contribution in [2.24, 2.45) is 0 Å². The third kappa shape index (κ3) is 2.68. The molecule has 1 rings (SSSR count). The zero-order valence-corrected chi connectivity index (χ0v) is 9.94. The van der Waals surface area contributed by atoms with Crippen LogP contribution >= 0.6 is 11.8 Å². The van der Waals surface area contributed by atoms with E-state index in [0.717, 1.165) is 10.6 Å². The molecule has 1 aromatic carbocycles.